The van der Waals surface area contributed by atoms with Crippen LogP contribution in [0, 0.1) is 23.1 Å². The van der Waals surface area contributed by atoms with Crippen molar-refractivity contribution >= 4 is 5.69 Å². The van der Waals surface area contributed by atoms with Gasteiger partial charge in [-0.3, -0.25) is 0 Å². The Balaban J connectivity index is 1.94. The molecule has 108 valence electrons. The molecule has 1 aliphatic rings. The van der Waals surface area contributed by atoms with E-state index in [4.69, 9.17) is 5.26 Å². The summed E-state index contributed by atoms with van der Waals surface area (Å²) in [7, 11) is 0. The predicted molar refractivity (Wildman–Crippen MR) is 76.8 cm³/mol. The number of anilines is 1. The van der Waals surface area contributed by atoms with Crippen molar-refractivity contribution in [1.29, 1.82) is 5.26 Å². The molecule has 0 aliphatic heterocycles. The average Bonchev–Trinajstić information content (AvgIpc) is 2.47. The van der Waals surface area contributed by atoms with Gasteiger partial charge in [0.05, 0.1) is 22.9 Å². The van der Waals surface area contributed by atoms with E-state index in [1.165, 1.54) is 6.07 Å². The molecule has 1 aliphatic carbocycles. The highest BCUT2D eigenvalue weighted by atomic mass is 19.1. The van der Waals surface area contributed by atoms with Gasteiger partial charge in [-0.25, -0.2) is 4.39 Å². The van der Waals surface area contributed by atoms with E-state index in [2.05, 4.69) is 12.2 Å². The van der Waals surface area contributed by atoms with Gasteiger partial charge in [-0.15, -0.1) is 0 Å². The normalized spacial score (nSPS) is 26.0. The highest BCUT2D eigenvalue weighted by Gasteiger charge is 2.32. The molecule has 1 aromatic carbocycles. The van der Waals surface area contributed by atoms with Crippen LogP contribution in [0.15, 0.2) is 18.2 Å². The molecule has 1 fully saturated rings. The summed E-state index contributed by atoms with van der Waals surface area (Å²) in [6, 6.07) is 6.23. The maximum absolute atomic E-state index is 13.7. The zero-order chi connectivity index (χ0) is 14.6. The highest BCUT2D eigenvalue weighted by Crippen LogP contribution is 2.34. The van der Waals surface area contributed by atoms with Gasteiger partial charge in [0, 0.05) is 6.54 Å². The largest absolute Gasteiger partial charge is 0.388 e. The first kappa shape index (κ1) is 14.8. The third-order valence-electron chi connectivity index (χ3n) is 4.32. The van der Waals surface area contributed by atoms with Gasteiger partial charge in [0.15, 0.2) is 0 Å². The van der Waals surface area contributed by atoms with Gasteiger partial charge >= 0.3 is 0 Å². The van der Waals surface area contributed by atoms with Gasteiger partial charge in [0.1, 0.15) is 5.82 Å². The van der Waals surface area contributed by atoms with Gasteiger partial charge in [0.2, 0.25) is 0 Å². The van der Waals surface area contributed by atoms with E-state index >= 15 is 0 Å². The molecule has 0 saturated heterocycles. The summed E-state index contributed by atoms with van der Waals surface area (Å²) < 4.78 is 13.7. The van der Waals surface area contributed by atoms with Crippen LogP contribution in [0.4, 0.5) is 10.1 Å². The van der Waals surface area contributed by atoms with E-state index < -0.39 is 11.4 Å². The van der Waals surface area contributed by atoms with E-state index in [0.29, 0.717) is 23.7 Å². The average molecular weight is 276 g/mol. The van der Waals surface area contributed by atoms with Crippen LogP contribution in [-0.4, -0.2) is 17.3 Å². The summed E-state index contributed by atoms with van der Waals surface area (Å²) in [5, 5.41) is 22.2. The Bertz CT molecular complexity index is 502. The van der Waals surface area contributed by atoms with Crippen LogP contribution < -0.4 is 5.32 Å². The molecule has 2 N–H and O–H groups in total. The quantitative estimate of drug-likeness (QED) is 0.885. The van der Waals surface area contributed by atoms with Crippen molar-refractivity contribution in [3.63, 3.8) is 0 Å². The number of hydrogen-bond donors (Lipinski definition) is 2. The SMILES string of the molecule is CCC1CCC(O)(CNc2ccc(C#N)cc2F)CC1. The maximum Gasteiger partial charge on any atom is 0.147 e. The number of halogens is 1. The second-order valence-corrected chi connectivity index (χ2v) is 5.74. The van der Waals surface area contributed by atoms with Crippen LogP contribution in [0.25, 0.3) is 0 Å². The zero-order valence-corrected chi connectivity index (χ0v) is 11.8. The lowest BCUT2D eigenvalue weighted by Crippen LogP contribution is -2.40. The minimum Gasteiger partial charge on any atom is -0.388 e. The van der Waals surface area contributed by atoms with Crippen molar-refractivity contribution in [3.05, 3.63) is 29.6 Å². The van der Waals surface area contributed by atoms with Crippen LogP contribution in [0.3, 0.4) is 0 Å². The Morgan fingerprint density at radius 2 is 2.15 bits per heavy atom. The monoisotopic (exact) mass is 276 g/mol. The Labute approximate surface area is 119 Å². The number of nitrogens with one attached hydrogen (secondary N) is 1. The molecule has 1 aromatic rings. The first-order valence-electron chi connectivity index (χ1n) is 7.22. The van der Waals surface area contributed by atoms with Crippen LogP contribution in [0.2, 0.25) is 0 Å². The lowest BCUT2D eigenvalue weighted by molar-refractivity contribution is 0.00225. The summed E-state index contributed by atoms with van der Waals surface area (Å²) in [6.45, 7) is 2.53. The van der Waals surface area contributed by atoms with E-state index in [0.717, 1.165) is 32.1 Å². The highest BCUT2D eigenvalue weighted by molar-refractivity contribution is 5.49. The number of aliphatic hydroxyl groups is 1. The lowest BCUT2D eigenvalue weighted by Gasteiger charge is -2.36. The summed E-state index contributed by atoms with van der Waals surface area (Å²) in [4.78, 5) is 0. The van der Waals surface area contributed by atoms with E-state index in [-0.39, 0.29) is 0 Å². The molecule has 0 amide bonds. The molecule has 0 radical (unpaired) electrons. The van der Waals surface area contributed by atoms with Gasteiger partial charge in [-0.1, -0.05) is 13.3 Å². The van der Waals surface area contributed by atoms with Crippen molar-refractivity contribution in [3.8, 4) is 6.07 Å². The maximum atomic E-state index is 13.7. The molecule has 0 spiro atoms. The Kier molecular flexibility index (Phi) is 4.61. The summed E-state index contributed by atoms with van der Waals surface area (Å²) in [6.07, 6.45) is 4.75. The fourth-order valence-electron chi connectivity index (χ4n) is 2.79. The first-order valence-corrected chi connectivity index (χ1v) is 7.22. The minimum atomic E-state index is -0.744. The van der Waals surface area contributed by atoms with Gasteiger partial charge in [0.25, 0.3) is 0 Å². The molecule has 3 nitrogen and oxygen atoms in total. The molecule has 0 atom stereocenters. The van der Waals surface area contributed by atoms with Crippen LogP contribution in [-0.2, 0) is 0 Å². The van der Waals surface area contributed by atoms with Crippen LogP contribution >= 0.6 is 0 Å². The van der Waals surface area contributed by atoms with Crippen molar-refractivity contribution < 1.29 is 9.50 Å². The number of nitriles is 1. The summed E-state index contributed by atoms with van der Waals surface area (Å²) >= 11 is 0. The van der Waals surface area contributed by atoms with Gasteiger partial charge in [-0.05, 0) is 49.8 Å². The Morgan fingerprint density at radius 3 is 2.70 bits per heavy atom. The predicted octanol–water partition coefficient (Wildman–Crippen LogP) is 3.44. The van der Waals surface area contributed by atoms with Crippen molar-refractivity contribution in [2.24, 2.45) is 5.92 Å². The number of hydrogen-bond acceptors (Lipinski definition) is 3. The summed E-state index contributed by atoms with van der Waals surface area (Å²) in [5.74, 6) is 0.261. The third-order valence-corrected chi connectivity index (χ3v) is 4.32. The molecule has 0 aromatic heterocycles. The fraction of sp³-hybridized carbons (Fsp3) is 0.562. The smallest absolute Gasteiger partial charge is 0.147 e. The van der Waals surface area contributed by atoms with E-state index in [1.807, 2.05) is 6.07 Å². The molecule has 4 heteroatoms. The first-order chi connectivity index (χ1) is 9.56. The second-order valence-electron chi connectivity index (χ2n) is 5.74. The van der Waals surface area contributed by atoms with E-state index in [9.17, 15) is 9.50 Å². The van der Waals surface area contributed by atoms with Gasteiger partial charge in [-0.2, -0.15) is 5.26 Å². The number of nitrogens with zero attached hydrogens (tertiary/aromatic N) is 1. The van der Waals surface area contributed by atoms with Crippen molar-refractivity contribution in [2.75, 3.05) is 11.9 Å². The Hall–Kier alpha value is -1.60. The van der Waals surface area contributed by atoms with Crippen molar-refractivity contribution in [1.82, 2.24) is 0 Å². The second kappa shape index (κ2) is 6.23. The molecule has 20 heavy (non-hydrogen) atoms. The molecule has 0 unspecified atom stereocenters. The van der Waals surface area contributed by atoms with Crippen molar-refractivity contribution in [2.45, 2.75) is 44.6 Å². The lowest BCUT2D eigenvalue weighted by atomic mass is 9.78. The molecule has 2 rings (SSSR count). The topological polar surface area (TPSA) is 56.0 Å². The molecule has 0 heterocycles. The Morgan fingerprint density at radius 1 is 1.45 bits per heavy atom. The van der Waals surface area contributed by atoms with E-state index in [1.54, 1.807) is 12.1 Å². The number of benzene rings is 1. The molecule has 0 bridgehead atoms. The number of rotatable bonds is 4. The molecule has 1 saturated carbocycles. The fourth-order valence-corrected chi connectivity index (χ4v) is 2.79. The summed E-state index contributed by atoms with van der Waals surface area (Å²) in [5.41, 5.74) is -0.100. The minimum absolute atomic E-state index is 0.301. The van der Waals surface area contributed by atoms with Crippen LogP contribution in [0.5, 0.6) is 0 Å². The zero-order valence-electron chi connectivity index (χ0n) is 11.8. The molecular weight excluding hydrogens is 255 g/mol. The van der Waals surface area contributed by atoms with Crippen LogP contribution in [0.1, 0.15) is 44.6 Å². The standard InChI is InChI=1S/C16H21FN2O/c1-2-12-5-7-16(20,8-6-12)11-19-15-4-3-13(10-18)9-14(15)17/h3-4,9,12,19-20H,2,5-8,11H2,1H3. The molecular formula is C16H21FN2O. The van der Waals surface area contributed by atoms with Gasteiger partial charge < -0.3 is 10.4 Å². The third kappa shape index (κ3) is 3.49.